The first-order chi connectivity index (χ1) is 12.1. The second-order valence-corrected chi connectivity index (χ2v) is 7.27. The Bertz CT molecular complexity index is 707. The average molecular weight is 357 g/mol. The molecule has 0 bridgehead atoms. The van der Waals surface area contributed by atoms with Crippen LogP contribution in [0.2, 0.25) is 5.02 Å². The maximum Gasteiger partial charge on any atom is 0.255 e. The van der Waals surface area contributed by atoms with Crippen LogP contribution < -0.4 is 0 Å². The molecule has 0 aromatic heterocycles. The van der Waals surface area contributed by atoms with E-state index in [9.17, 15) is 4.79 Å². The van der Waals surface area contributed by atoms with Gasteiger partial charge in [0.05, 0.1) is 10.6 Å². The number of hydrogen-bond donors (Lipinski definition) is 0. The summed E-state index contributed by atoms with van der Waals surface area (Å²) in [6.07, 6.45) is 1.04. The topological polar surface area (TPSA) is 23.6 Å². The third-order valence-electron chi connectivity index (χ3n) is 4.99. The minimum Gasteiger partial charge on any atom is -0.335 e. The van der Waals surface area contributed by atoms with E-state index < -0.39 is 0 Å². The lowest BCUT2D eigenvalue weighted by Gasteiger charge is -2.44. The van der Waals surface area contributed by atoms with Gasteiger partial charge in [0.2, 0.25) is 0 Å². The average Bonchev–Trinajstić information content (AvgIpc) is 2.61. The minimum absolute atomic E-state index is 0.0343. The van der Waals surface area contributed by atoms with E-state index in [1.165, 1.54) is 5.56 Å². The molecule has 1 heterocycles. The first-order valence-electron chi connectivity index (χ1n) is 8.89. The zero-order valence-electron chi connectivity index (χ0n) is 14.9. The van der Waals surface area contributed by atoms with Gasteiger partial charge in [-0.25, -0.2) is 0 Å². The second-order valence-electron chi connectivity index (χ2n) is 6.86. The zero-order valence-corrected chi connectivity index (χ0v) is 15.6. The molecule has 2 unspecified atom stereocenters. The molecule has 0 saturated carbocycles. The molecular weight excluding hydrogens is 332 g/mol. The molecule has 2 atom stereocenters. The number of carbonyl (C=O) groups excluding carboxylic acids is 1. The van der Waals surface area contributed by atoms with Crippen molar-refractivity contribution in [3.63, 3.8) is 0 Å². The van der Waals surface area contributed by atoms with Gasteiger partial charge in [0.15, 0.2) is 0 Å². The minimum atomic E-state index is 0.0343. The first kappa shape index (κ1) is 18.0. The van der Waals surface area contributed by atoms with E-state index in [2.05, 4.69) is 43.0 Å². The third-order valence-corrected chi connectivity index (χ3v) is 5.32. The molecule has 0 spiro atoms. The molecule has 3 nitrogen and oxygen atoms in total. The fraction of sp³-hybridized carbons (Fsp3) is 0.381. The number of halogens is 1. The van der Waals surface area contributed by atoms with Gasteiger partial charge in [-0.3, -0.25) is 9.69 Å². The summed E-state index contributed by atoms with van der Waals surface area (Å²) in [6, 6.07) is 18.5. The third kappa shape index (κ3) is 4.23. The summed E-state index contributed by atoms with van der Waals surface area (Å²) < 4.78 is 0. The number of carbonyl (C=O) groups is 1. The Kier molecular flexibility index (Phi) is 5.77. The predicted octanol–water partition coefficient (Wildman–Crippen LogP) is 4.12. The Balaban J connectivity index is 1.64. The van der Waals surface area contributed by atoms with E-state index in [-0.39, 0.29) is 5.91 Å². The maximum absolute atomic E-state index is 12.8. The van der Waals surface area contributed by atoms with Crippen molar-refractivity contribution in [3.8, 4) is 0 Å². The van der Waals surface area contributed by atoms with Crippen molar-refractivity contribution in [2.24, 2.45) is 0 Å². The summed E-state index contributed by atoms with van der Waals surface area (Å²) in [6.45, 7) is 6.90. The first-order valence-corrected chi connectivity index (χ1v) is 9.27. The predicted molar refractivity (Wildman–Crippen MR) is 103 cm³/mol. The number of amides is 1. The van der Waals surface area contributed by atoms with Crippen molar-refractivity contribution in [1.82, 2.24) is 9.80 Å². The number of piperazine rings is 1. The van der Waals surface area contributed by atoms with E-state index in [4.69, 9.17) is 11.6 Å². The van der Waals surface area contributed by atoms with Gasteiger partial charge in [0, 0.05) is 31.7 Å². The quantitative estimate of drug-likeness (QED) is 0.822. The van der Waals surface area contributed by atoms with E-state index in [0.29, 0.717) is 22.7 Å². The lowest BCUT2D eigenvalue weighted by atomic mass is 10.0. The van der Waals surface area contributed by atoms with Crippen molar-refractivity contribution in [1.29, 1.82) is 0 Å². The fourth-order valence-electron chi connectivity index (χ4n) is 3.67. The Morgan fingerprint density at radius 3 is 2.24 bits per heavy atom. The lowest BCUT2D eigenvalue weighted by Crippen LogP contribution is -2.58. The van der Waals surface area contributed by atoms with Crippen LogP contribution in [-0.2, 0) is 6.42 Å². The molecule has 1 fully saturated rings. The highest BCUT2D eigenvalue weighted by molar-refractivity contribution is 6.33. The smallest absolute Gasteiger partial charge is 0.255 e. The van der Waals surface area contributed by atoms with Gasteiger partial charge in [-0.1, -0.05) is 54.1 Å². The highest BCUT2D eigenvalue weighted by Crippen LogP contribution is 2.22. The number of nitrogens with zero attached hydrogens (tertiary/aromatic N) is 2. The molecule has 0 radical (unpaired) electrons. The lowest BCUT2D eigenvalue weighted by molar-refractivity contribution is 0.0311. The number of rotatable bonds is 4. The Morgan fingerprint density at radius 1 is 1.00 bits per heavy atom. The van der Waals surface area contributed by atoms with Gasteiger partial charge >= 0.3 is 0 Å². The van der Waals surface area contributed by atoms with E-state index in [0.717, 1.165) is 26.1 Å². The van der Waals surface area contributed by atoms with E-state index in [1.54, 1.807) is 6.07 Å². The molecule has 1 amide bonds. The van der Waals surface area contributed by atoms with Crippen LogP contribution >= 0.6 is 11.6 Å². The second kappa shape index (κ2) is 8.03. The van der Waals surface area contributed by atoms with Gasteiger partial charge in [-0.15, -0.1) is 0 Å². The van der Waals surface area contributed by atoms with Crippen molar-refractivity contribution in [2.45, 2.75) is 32.4 Å². The van der Waals surface area contributed by atoms with Crippen molar-refractivity contribution < 1.29 is 4.79 Å². The molecule has 132 valence electrons. The highest BCUT2D eigenvalue weighted by atomic mass is 35.5. The number of benzene rings is 2. The summed E-state index contributed by atoms with van der Waals surface area (Å²) in [5.41, 5.74) is 1.96. The Hall–Kier alpha value is -1.84. The molecule has 3 rings (SSSR count). The largest absolute Gasteiger partial charge is 0.335 e. The van der Waals surface area contributed by atoms with Gasteiger partial charge in [0.25, 0.3) is 5.91 Å². The SMILES string of the molecule is CC1CN(C(=O)c2ccccc2Cl)CC(C)N1CCc1ccccc1. The van der Waals surface area contributed by atoms with Crippen molar-refractivity contribution >= 4 is 17.5 Å². The molecule has 0 aliphatic carbocycles. The monoisotopic (exact) mass is 356 g/mol. The molecule has 4 heteroatoms. The Morgan fingerprint density at radius 2 is 1.60 bits per heavy atom. The standard InChI is InChI=1S/C21H25ClN2O/c1-16-14-23(21(25)19-10-6-7-11-20(19)22)15-17(2)24(16)13-12-18-8-4-3-5-9-18/h3-11,16-17H,12-15H2,1-2H3. The summed E-state index contributed by atoms with van der Waals surface area (Å²) in [5.74, 6) is 0.0343. The van der Waals surface area contributed by atoms with Crippen LogP contribution in [0.25, 0.3) is 0 Å². The van der Waals surface area contributed by atoms with E-state index >= 15 is 0 Å². The maximum atomic E-state index is 12.8. The van der Waals surface area contributed by atoms with Crippen LogP contribution in [0.15, 0.2) is 54.6 Å². The van der Waals surface area contributed by atoms with Gasteiger partial charge < -0.3 is 4.90 Å². The summed E-state index contributed by atoms with van der Waals surface area (Å²) >= 11 is 6.20. The molecule has 1 aliphatic heterocycles. The molecule has 2 aromatic carbocycles. The molecule has 25 heavy (non-hydrogen) atoms. The number of hydrogen-bond acceptors (Lipinski definition) is 2. The van der Waals surface area contributed by atoms with Crippen LogP contribution in [0.1, 0.15) is 29.8 Å². The van der Waals surface area contributed by atoms with E-state index in [1.807, 2.05) is 29.2 Å². The summed E-state index contributed by atoms with van der Waals surface area (Å²) in [4.78, 5) is 17.3. The fourth-order valence-corrected chi connectivity index (χ4v) is 3.89. The Labute approximate surface area is 155 Å². The highest BCUT2D eigenvalue weighted by Gasteiger charge is 2.32. The van der Waals surface area contributed by atoms with Crippen LogP contribution in [-0.4, -0.2) is 47.4 Å². The molecule has 2 aromatic rings. The molecular formula is C21H25ClN2O. The van der Waals surface area contributed by atoms with Crippen LogP contribution in [0.4, 0.5) is 0 Å². The van der Waals surface area contributed by atoms with Gasteiger partial charge in [0.1, 0.15) is 0 Å². The van der Waals surface area contributed by atoms with Crippen molar-refractivity contribution in [3.05, 3.63) is 70.7 Å². The van der Waals surface area contributed by atoms with Gasteiger partial charge in [-0.05, 0) is 38.0 Å². The summed E-state index contributed by atoms with van der Waals surface area (Å²) in [7, 11) is 0. The van der Waals surface area contributed by atoms with Crippen LogP contribution in [0.3, 0.4) is 0 Å². The molecule has 0 N–H and O–H groups in total. The van der Waals surface area contributed by atoms with Crippen LogP contribution in [0.5, 0.6) is 0 Å². The normalized spacial score (nSPS) is 21.3. The molecule has 1 aliphatic rings. The summed E-state index contributed by atoms with van der Waals surface area (Å²) in [5, 5.41) is 0.527. The van der Waals surface area contributed by atoms with Gasteiger partial charge in [-0.2, -0.15) is 0 Å². The van der Waals surface area contributed by atoms with Crippen molar-refractivity contribution in [2.75, 3.05) is 19.6 Å². The van der Waals surface area contributed by atoms with Crippen LogP contribution in [0, 0.1) is 0 Å². The molecule has 1 saturated heterocycles. The zero-order chi connectivity index (χ0) is 17.8.